The number of ether oxygens (including phenoxy) is 4. The number of hydrogen-bond acceptors (Lipinski definition) is 7. The summed E-state index contributed by atoms with van der Waals surface area (Å²) in [5.41, 5.74) is 1.92. The van der Waals surface area contributed by atoms with E-state index in [1.54, 1.807) is 27.2 Å². The number of carbonyl (C=O) groups excluding carboxylic acids is 2. The van der Waals surface area contributed by atoms with Gasteiger partial charge in [-0.15, -0.1) is 0 Å². The molecule has 0 fully saturated rings. The zero-order valence-electron chi connectivity index (χ0n) is 16.5. The molecule has 1 aliphatic rings. The van der Waals surface area contributed by atoms with Crippen molar-refractivity contribution in [1.82, 2.24) is 0 Å². The first-order valence-electron chi connectivity index (χ1n) is 9.03. The first-order valence-corrected chi connectivity index (χ1v) is 9.03. The number of esters is 1. The molecular weight excluding hydrogens is 364 g/mol. The molecule has 1 aromatic heterocycles. The summed E-state index contributed by atoms with van der Waals surface area (Å²) in [7, 11) is 4.69. The normalized spacial score (nSPS) is 15.9. The Bertz CT molecular complexity index is 881. The summed E-state index contributed by atoms with van der Waals surface area (Å²) >= 11 is 0. The van der Waals surface area contributed by atoms with Crippen LogP contribution in [0.25, 0.3) is 0 Å². The van der Waals surface area contributed by atoms with Crippen molar-refractivity contribution < 1.29 is 33.0 Å². The number of benzene rings is 1. The topological polar surface area (TPSA) is 84.2 Å². The van der Waals surface area contributed by atoms with Gasteiger partial charge in [0.15, 0.2) is 5.78 Å². The Morgan fingerprint density at radius 2 is 1.93 bits per heavy atom. The van der Waals surface area contributed by atoms with Gasteiger partial charge in [-0.1, -0.05) is 6.07 Å². The average Bonchev–Trinajstić information content (AvgIpc) is 3.04. The second-order valence-electron chi connectivity index (χ2n) is 6.62. The molecule has 0 aliphatic heterocycles. The molecule has 0 radical (unpaired) electrons. The fourth-order valence-corrected chi connectivity index (χ4v) is 3.56. The summed E-state index contributed by atoms with van der Waals surface area (Å²) in [6, 6.07) is 5.53. The number of methoxy groups -OCH3 is 3. The van der Waals surface area contributed by atoms with Crippen molar-refractivity contribution in [2.75, 3.05) is 34.5 Å². The molecule has 0 saturated heterocycles. The lowest BCUT2D eigenvalue weighted by atomic mass is 9.81. The number of carbonyl (C=O) groups is 2. The quantitative estimate of drug-likeness (QED) is 0.531. The van der Waals surface area contributed by atoms with Crippen LogP contribution in [-0.2, 0) is 15.9 Å². The SMILES string of the molecule is COCCOC(=O)c1oc2c(c1C)C(=O)CC(c1ccc(OC)cc1OC)C2. The third kappa shape index (κ3) is 3.75. The average molecular weight is 388 g/mol. The van der Waals surface area contributed by atoms with Crippen LogP contribution in [-0.4, -0.2) is 46.3 Å². The van der Waals surface area contributed by atoms with Crippen LogP contribution in [0.1, 0.15) is 50.1 Å². The van der Waals surface area contributed by atoms with E-state index in [9.17, 15) is 9.59 Å². The smallest absolute Gasteiger partial charge is 0.374 e. The highest BCUT2D eigenvalue weighted by atomic mass is 16.6. The van der Waals surface area contributed by atoms with Gasteiger partial charge in [0.2, 0.25) is 5.76 Å². The predicted molar refractivity (Wildman–Crippen MR) is 101 cm³/mol. The van der Waals surface area contributed by atoms with Crippen LogP contribution in [0, 0.1) is 6.92 Å². The minimum atomic E-state index is -0.588. The summed E-state index contributed by atoms with van der Waals surface area (Å²) in [5.74, 6) is 1.17. The van der Waals surface area contributed by atoms with E-state index in [1.807, 2.05) is 12.1 Å². The number of fused-ring (bicyclic) bond motifs is 1. The van der Waals surface area contributed by atoms with Gasteiger partial charge in [0.1, 0.15) is 23.9 Å². The highest BCUT2D eigenvalue weighted by Crippen LogP contribution is 2.40. The lowest BCUT2D eigenvalue weighted by Crippen LogP contribution is -2.18. The molecule has 0 bridgehead atoms. The number of furan rings is 1. The third-order valence-corrected chi connectivity index (χ3v) is 4.95. The second kappa shape index (κ2) is 8.48. The predicted octanol–water partition coefficient (Wildman–Crippen LogP) is 3.32. The molecule has 2 aromatic rings. The highest BCUT2D eigenvalue weighted by molar-refractivity contribution is 6.03. The van der Waals surface area contributed by atoms with Gasteiger partial charge in [0, 0.05) is 37.5 Å². The molecule has 0 N–H and O–H groups in total. The molecule has 28 heavy (non-hydrogen) atoms. The molecule has 3 rings (SSSR count). The number of rotatable bonds is 7. The van der Waals surface area contributed by atoms with Crippen LogP contribution in [0.2, 0.25) is 0 Å². The van der Waals surface area contributed by atoms with Crippen molar-refractivity contribution >= 4 is 11.8 Å². The summed E-state index contributed by atoms with van der Waals surface area (Å²) in [6.45, 7) is 2.13. The maximum absolute atomic E-state index is 12.8. The minimum Gasteiger partial charge on any atom is -0.497 e. The molecule has 7 nitrogen and oxygen atoms in total. The van der Waals surface area contributed by atoms with E-state index in [0.29, 0.717) is 47.8 Å². The van der Waals surface area contributed by atoms with Crippen LogP contribution >= 0.6 is 0 Å². The molecule has 150 valence electrons. The molecule has 0 amide bonds. The lowest BCUT2D eigenvalue weighted by molar-refractivity contribution is 0.0351. The largest absolute Gasteiger partial charge is 0.497 e. The van der Waals surface area contributed by atoms with Crippen LogP contribution in [0.3, 0.4) is 0 Å². The Labute approximate surface area is 163 Å². The first-order chi connectivity index (χ1) is 13.5. The van der Waals surface area contributed by atoms with Crippen LogP contribution < -0.4 is 9.47 Å². The summed E-state index contributed by atoms with van der Waals surface area (Å²) in [5, 5.41) is 0. The Hall–Kier alpha value is -2.80. The molecule has 0 saturated carbocycles. The van der Waals surface area contributed by atoms with Gasteiger partial charge < -0.3 is 23.4 Å². The number of Topliss-reactive ketones (excluding diaryl/α,β-unsaturated/α-hetero) is 1. The highest BCUT2D eigenvalue weighted by Gasteiger charge is 2.35. The Kier molecular flexibility index (Phi) is 6.04. The van der Waals surface area contributed by atoms with Gasteiger partial charge in [-0.3, -0.25) is 4.79 Å². The molecule has 7 heteroatoms. The van der Waals surface area contributed by atoms with Crippen molar-refractivity contribution in [3.63, 3.8) is 0 Å². The van der Waals surface area contributed by atoms with Crippen molar-refractivity contribution in [2.45, 2.75) is 25.7 Å². The standard InChI is InChI=1S/C21H24O7/c1-12-19-16(22)9-13(15-6-5-14(25-3)11-17(15)26-4)10-18(19)28-20(12)21(23)27-8-7-24-2/h5-6,11,13H,7-10H2,1-4H3. The van der Waals surface area contributed by atoms with Crippen LogP contribution in [0.15, 0.2) is 22.6 Å². The maximum Gasteiger partial charge on any atom is 0.374 e. The van der Waals surface area contributed by atoms with E-state index in [4.69, 9.17) is 23.4 Å². The molecule has 1 aliphatic carbocycles. The van der Waals surface area contributed by atoms with E-state index in [2.05, 4.69) is 0 Å². The third-order valence-electron chi connectivity index (χ3n) is 4.95. The lowest BCUT2D eigenvalue weighted by Gasteiger charge is -2.23. The fourth-order valence-electron chi connectivity index (χ4n) is 3.56. The maximum atomic E-state index is 12.8. The van der Waals surface area contributed by atoms with E-state index < -0.39 is 5.97 Å². The molecule has 1 unspecified atom stereocenters. The van der Waals surface area contributed by atoms with Gasteiger partial charge in [-0.25, -0.2) is 4.79 Å². The van der Waals surface area contributed by atoms with Gasteiger partial charge in [-0.2, -0.15) is 0 Å². The van der Waals surface area contributed by atoms with Crippen LogP contribution in [0.5, 0.6) is 11.5 Å². The Morgan fingerprint density at radius 1 is 1.14 bits per heavy atom. The summed E-state index contributed by atoms with van der Waals surface area (Å²) in [6.07, 6.45) is 0.810. The van der Waals surface area contributed by atoms with Gasteiger partial charge in [0.05, 0.1) is 26.4 Å². The van der Waals surface area contributed by atoms with Gasteiger partial charge >= 0.3 is 5.97 Å². The van der Waals surface area contributed by atoms with E-state index in [-0.39, 0.29) is 24.1 Å². The first kappa shape index (κ1) is 19.9. The molecule has 0 spiro atoms. The van der Waals surface area contributed by atoms with Crippen molar-refractivity contribution in [3.05, 3.63) is 46.4 Å². The fraction of sp³-hybridized carbons (Fsp3) is 0.429. The molecular formula is C21H24O7. The van der Waals surface area contributed by atoms with Crippen molar-refractivity contribution in [3.8, 4) is 11.5 Å². The molecule has 1 heterocycles. The number of hydrogen-bond donors (Lipinski definition) is 0. The van der Waals surface area contributed by atoms with Gasteiger partial charge in [-0.05, 0) is 18.6 Å². The molecule has 1 atom stereocenters. The van der Waals surface area contributed by atoms with Crippen molar-refractivity contribution in [2.24, 2.45) is 0 Å². The van der Waals surface area contributed by atoms with Gasteiger partial charge in [0.25, 0.3) is 0 Å². The summed E-state index contributed by atoms with van der Waals surface area (Å²) < 4.78 is 26.5. The second-order valence-corrected chi connectivity index (χ2v) is 6.62. The van der Waals surface area contributed by atoms with E-state index >= 15 is 0 Å². The van der Waals surface area contributed by atoms with Crippen LogP contribution in [0.4, 0.5) is 0 Å². The molecule has 1 aromatic carbocycles. The Morgan fingerprint density at radius 3 is 2.61 bits per heavy atom. The Balaban J connectivity index is 1.88. The summed E-state index contributed by atoms with van der Waals surface area (Å²) in [4.78, 5) is 25.1. The van der Waals surface area contributed by atoms with Crippen molar-refractivity contribution in [1.29, 1.82) is 0 Å². The minimum absolute atomic E-state index is 0.0543. The zero-order chi connectivity index (χ0) is 20.3. The monoisotopic (exact) mass is 388 g/mol. The zero-order valence-corrected chi connectivity index (χ0v) is 16.5. The van der Waals surface area contributed by atoms with E-state index in [1.165, 1.54) is 7.11 Å². The van der Waals surface area contributed by atoms with E-state index in [0.717, 1.165) is 5.56 Å². The number of ketones is 1.